The molecule has 18 nitrogen and oxygen atoms in total. The van der Waals surface area contributed by atoms with E-state index in [1.807, 2.05) is 0 Å². The van der Waals surface area contributed by atoms with E-state index in [1.54, 1.807) is 0 Å². The molecule has 0 saturated carbocycles. The van der Waals surface area contributed by atoms with E-state index in [4.69, 9.17) is 11.5 Å². The number of thiazole rings is 1. The summed E-state index contributed by atoms with van der Waals surface area (Å²) in [5.41, 5.74) is 9.73. The molecule has 1 aromatic rings. The van der Waals surface area contributed by atoms with Gasteiger partial charge in [0, 0.05) is 5.38 Å². The Labute approximate surface area is 182 Å². The normalized spacial score (nSPS) is 18.5. The number of ether oxygens (including phenoxy) is 1. The van der Waals surface area contributed by atoms with E-state index in [1.165, 1.54) is 5.38 Å². The minimum Gasteiger partial charge on any atom is -0.447 e. The van der Waals surface area contributed by atoms with Crippen LogP contribution in [0.2, 0.25) is 0 Å². The quantitative estimate of drug-likeness (QED) is 0.117. The van der Waals surface area contributed by atoms with Crippen LogP contribution in [0.5, 0.6) is 0 Å². The third-order valence-corrected chi connectivity index (χ3v) is 5.51. The summed E-state index contributed by atoms with van der Waals surface area (Å²) in [6.07, 6.45) is -1.28. The molecule has 0 bridgehead atoms. The van der Waals surface area contributed by atoms with Gasteiger partial charge in [-0.3, -0.25) is 9.59 Å². The Bertz CT molecular complexity index is 1040. The predicted molar refractivity (Wildman–Crippen MR) is 102 cm³/mol. The third kappa shape index (κ3) is 5.55. The van der Waals surface area contributed by atoms with Gasteiger partial charge in [0.1, 0.15) is 24.4 Å². The summed E-state index contributed by atoms with van der Waals surface area (Å²) in [4.78, 5) is 59.3. The van der Waals surface area contributed by atoms with Gasteiger partial charge in [-0.15, -0.1) is 11.3 Å². The summed E-state index contributed by atoms with van der Waals surface area (Å²) in [7, 11) is -4.74. The number of hydrogen-bond acceptors (Lipinski definition) is 16. The van der Waals surface area contributed by atoms with Crippen molar-refractivity contribution in [2.45, 2.75) is 12.1 Å². The predicted octanol–water partition coefficient (Wildman–Crippen LogP) is -4.21. The van der Waals surface area contributed by atoms with E-state index in [0.717, 1.165) is 11.3 Å². The Balaban J connectivity index is 2.25. The van der Waals surface area contributed by atoms with Gasteiger partial charge in [-0.1, -0.05) is 5.16 Å². The molecule has 2 rings (SSSR count). The molecule has 0 radical (unpaired) electrons. The number of hydrogen-bond donors (Lipinski definition) is 5. The highest BCUT2D eigenvalue weighted by molar-refractivity contribution is 7.85. The smallest absolute Gasteiger partial charge is 0.404 e. The van der Waals surface area contributed by atoms with Gasteiger partial charge >= 0.3 is 22.4 Å². The minimum absolute atomic E-state index is 0.0479. The van der Waals surface area contributed by atoms with E-state index < -0.39 is 65.2 Å². The van der Waals surface area contributed by atoms with Crippen molar-refractivity contribution in [2.75, 3.05) is 18.9 Å². The van der Waals surface area contributed by atoms with Gasteiger partial charge in [0.2, 0.25) is 6.61 Å². The minimum atomic E-state index is -4.74. The standard InChI is InChI=1S/C12H16N8O10S2/c13-11-17-4(3-31-11)7(19-28-2-6(21)29-15)9(22)18-8-5(1-27-12(14)24)20(10(8)23)32(25,26)30-16/h3,5,8H,1-2,15-16H2,(H2,13,17)(H2,14,24)(H,18,22). The maximum Gasteiger partial charge on any atom is 0.404 e. The second kappa shape index (κ2) is 10.1. The summed E-state index contributed by atoms with van der Waals surface area (Å²) in [6, 6.07) is -3.00. The first-order chi connectivity index (χ1) is 15.0. The van der Waals surface area contributed by atoms with Crippen LogP contribution in [0.25, 0.3) is 0 Å². The Hall–Kier alpha value is -3.59. The summed E-state index contributed by atoms with van der Waals surface area (Å²) >= 11 is 0.935. The Morgan fingerprint density at radius 3 is 2.53 bits per heavy atom. The average molecular weight is 496 g/mol. The van der Waals surface area contributed by atoms with Gasteiger partial charge < -0.3 is 31.2 Å². The van der Waals surface area contributed by atoms with Crippen LogP contribution in [0.3, 0.4) is 0 Å². The molecular weight excluding hydrogens is 480 g/mol. The number of carbonyl (C=O) groups is 4. The highest BCUT2D eigenvalue weighted by Crippen LogP contribution is 2.25. The molecule has 1 fully saturated rings. The number of nitrogens with one attached hydrogen (secondary N) is 1. The van der Waals surface area contributed by atoms with E-state index >= 15 is 0 Å². The second-order valence-electron chi connectivity index (χ2n) is 5.61. The molecule has 0 aliphatic carbocycles. The van der Waals surface area contributed by atoms with E-state index in [9.17, 15) is 27.6 Å². The molecule has 2 unspecified atom stereocenters. The van der Waals surface area contributed by atoms with E-state index in [0.29, 0.717) is 0 Å². The molecular formula is C12H16N8O10S2. The van der Waals surface area contributed by atoms with Gasteiger partial charge in [-0.2, -0.15) is 24.5 Å². The molecule has 1 aliphatic rings. The number of amides is 3. The molecule has 20 heteroatoms. The number of carbonyl (C=O) groups excluding carboxylic acids is 4. The lowest BCUT2D eigenvalue weighted by Crippen LogP contribution is -2.74. The highest BCUT2D eigenvalue weighted by Gasteiger charge is 2.55. The first kappa shape index (κ1) is 24.7. The fourth-order valence-electron chi connectivity index (χ4n) is 2.32. The third-order valence-electron chi connectivity index (χ3n) is 3.66. The van der Waals surface area contributed by atoms with Crippen LogP contribution >= 0.6 is 11.3 Å². The van der Waals surface area contributed by atoms with Crippen LogP contribution in [0.4, 0.5) is 9.93 Å². The maximum atomic E-state index is 12.7. The van der Waals surface area contributed by atoms with Crippen LogP contribution in [0.15, 0.2) is 10.5 Å². The monoisotopic (exact) mass is 496 g/mol. The summed E-state index contributed by atoms with van der Waals surface area (Å²) < 4.78 is 32.1. The summed E-state index contributed by atoms with van der Waals surface area (Å²) in [5.74, 6) is 6.02. The van der Waals surface area contributed by atoms with Crippen molar-refractivity contribution in [3.8, 4) is 0 Å². The van der Waals surface area contributed by atoms with Gasteiger partial charge in [0.25, 0.3) is 11.8 Å². The fraction of sp³-hybridized carbons (Fsp3) is 0.333. The number of β-lactam (4-membered cyclic amide) rings is 1. The van der Waals surface area contributed by atoms with Crippen LogP contribution in [-0.2, 0) is 43.4 Å². The summed E-state index contributed by atoms with van der Waals surface area (Å²) in [6.45, 7) is -1.51. The summed E-state index contributed by atoms with van der Waals surface area (Å²) in [5, 5.41) is 6.99. The van der Waals surface area contributed by atoms with Gasteiger partial charge in [0.15, 0.2) is 10.8 Å². The first-order valence-electron chi connectivity index (χ1n) is 8.02. The number of rotatable bonds is 10. The van der Waals surface area contributed by atoms with Crippen LogP contribution in [-0.4, -0.2) is 72.6 Å². The SMILES string of the molecule is NOC(=O)CON=C(C(=O)NC1C(=O)N(S(=O)(=O)ON)C1COC(N)=O)c1csc(N)n1. The largest absolute Gasteiger partial charge is 0.447 e. The molecule has 1 aromatic heterocycles. The second-order valence-corrected chi connectivity index (χ2v) is 7.94. The van der Waals surface area contributed by atoms with Crippen molar-refractivity contribution in [3.63, 3.8) is 0 Å². The molecule has 2 heterocycles. The zero-order valence-electron chi connectivity index (χ0n) is 15.7. The highest BCUT2D eigenvalue weighted by atomic mass is 32.2. The lowest BCUT2D eigenvalue weighted by molar-refractivity contribution is -0.149. The van der Waals surface area contributed by atoms with Gasteiger partial charge in [-0.05, 0) is 0 Å². The molecule has 0 aromatic carbocycles. The molecule has 1 saturated heterocycles. The molecule has 32 heavy (non-hydrogen) atoms. The zero-order chi connectivity index (χ0) is 24.1. The number of oxime groups is 1. The van der Waals surface area contributed by atoms with E-state index in [2.05, 4.69) is 45.9 Å². The molecule has 1 aliphatic heterocycles. The van der Waals surface area contributed by atoms with E-state index in [-0.39, 0.29) is 15.1 Å². The number of aromatic nitrogens is 1. The van der Waals surface area contributed by atoms with Crippen LogP contribution < -0.4 is 28.6 Å². The van der Waals surface area contributed by atoms with Crippen LogP contribution in [0, 0.1) is 0 Å². The number of nitrogens with two attached hydrogens (primary N) is 4. The Kier molecular flexibility index (Phi) is 7.82. The first-order valence-corrected chi connectivity index (χ1v) is 10.3. The number of nitrogens with zero attached hydrogens (tertiary/aromatic N) is 3. The maximum absolute atomic E-state index is 12.7. The number of anilines is 1. The fourth-order valence-corrected chi connectivity index (χ4v) is 3.81. The van der Waals surface area contributed by atoms with Crippen molar-refractivity contribution < 1.29 is 46.3 Å². The topological polar surface area (TPSA) is 284 Å². The zero-order valence-corrected chi connectivity index (χ0v) is 17.3. The van der Waals surface area contributed by atoms with Crippen molar-refractivity contribution in [3.05, 3.63) is 11.1 Å². The Morgan fingerprint density at radius 2 is 2.00 bits per heavy atom. The average Bonchev–Trinajstić information content (AvgIpc) is 3.17. The van der Waals surface area contributed by atoms with Crippen LogP contribution in [0.1, 0.15) is 5.69 Å². The molecule has 9 N–H and O–H groups in total. The van der Waals surface area contributed by atoms with Crippen molar-refractivity contribution in [2.24, 2.45) is 22.7 Å². The molecule has 176 valence electrons. The lowest BCUT2D eigenvalue weighted by atomic mass is 9.99. The van der Waals surface area contributed by atoms with Gasteiger partial charge in [0.05, 0.1) is 0 Å². The van der Waals surface area contributed by atoms with Crippen molar-refractivity contribution >= 4 is 56.4 Å². The van der Waals surface area contributed by atoms with Gasteiger partial charge in [-0.25, -0.2) is 18.9 Å². The molecule has 2 atom stereocenters. The Morgan fingerprint density at radius 1 is 1.31 bits per heavy atom. The molecule has 3 amide bonds. The number of nitrogen functional groups attached to an aromatic ring is 1. The van der Waals surface area contributed by atoms with Crippen molar-refractivity contribution in [1.29, 1.82) is 0 Å². The lowest BCUT2D eigenvalue weighted by Gasteiger charge is -2.43. The number of primary amides is 1. The van der Waals surface area contributed by atoms with Crippen molar-refractivity contribution in [1.82, 2.24) is 14.6 Å². The molecule has 0 spiro atoms.